The first-order valence-corrected chi connectivity index (χ1v) is 10.8. The first-order valence-electron chi connectivity index (χ1n) is 10.8. The van der Waals surface area contributed by atoms with Gasteiger partial charge in [0.1, 0.15) is 11.6 Å². The van der Waals surface area contributed by atoms with Crippen molar-refractivity contribution in [3.05, 3.63) is 17.1 Å². The molecule has 4 rings (SSSR count). The van der Waals surface area contributed by atoms with Crippen LogP contribution in [-0.4, -0.2) is 71.4 Å². The zero-order valence-electron chi connectivity index (χ0n) is 17.6. The Morgan fingerprint density at radius 2 is 1.83 bits per heavy atom. The average Bonchev–Trinajstić information content (AvgIpc) is 2.72. The molecule has 0 aromatic carbocycles. The van der Waals surface area contributed by atoms with Gasteiger partial charge in [-0.05, 0) is 39.3 Å². The maximum atomic E-state index is 12.0. The van der Waals surface area contributed by atoms with Gasteiger partial charge in [-0.1, -0.05) is 0 Å². The lowest BCUT2D eigenvalue weighted by molar-refractivity contribution is -0.129. The van der Waals surface area contributed by atoms with Gasteiger partial charge in [-0.25, -0.2) is 9.97 Å². The topological polar surface area (TPSA) is 95.7 Å². The lowest BCUT2D eigenvalue weighted by Crippen LogP contribution is -2.42. The van der Waals surface area contributed by atoms with Gasteiger partial charge in [-0.2, -0.15) is 0 Å². The zero-order valence-corrected chi connectivity index (χ0v) is 17.6. The first-order chi connectivity index (χ1) is 13.9. The van der Waals surface area contributed by atoms with E-state index >= 15 is 0 Å². The first kappa shape index (κ1) is 20.1. The summed E-state index contributed by atoms with van der Waals surface area (Å²) in [5, 5.41) is 0. The number of anilines is 1. The van der Waals surface area contributed by atoms with Crippen molar-refractivity contribution in [2.24, 2.45) is 11.7 Å². The number of likely N-dealkylation sites (N-methyl/N-ethyl adjacent to an activating group) is 1. The molecule has 1 atom stereocenters. The molecule has 0 spiro atoms. The third-order valence-corrected chi connectivity index (χ3v) is 6.69. The molecular weight excluding hydrogens is 368 g/mol. The molecule has 2 N–H and O–H groups in total. The summed E-state index contributed by atoms with van der Waals surface area (Å²) >= 11 is 0. The fourth-order valence-electron chi connectivity index (χ4n) is 4.88. The summed E-state index contributed by atoms with van der Waals surface area (Å²) in [5.41, 5.74) is 7.69. The number of piperidine rings is 2. The third-order valence-electron chi connectivity index (χ3n) is 6.69. The van der Waals surface area contributed by atoms with E-state index in [4.69, 9.17) is 15.7 Å². The second-order valence-electron chi connectivity index (χ2n) is 8.79. The van der Waals surface area contributed by atoms with Gasteiger partial charge in [-0.15, -0.1) is 0 Å². The highest BCUT2D eigenvalue weighted by Gasteiger charge is 2.31. The van der Waals surface area contributed by atoms with Gasteiger partial charge in [0, 0.05) is 56.9 Å². The van der Waals surface area contributed by atoms with Crippen LogP contribution in [0.2, 0.25) is 0 Å². The molecule has 3 aliphatic rings. The normalized spacial score (nSPS) is 23.7. The lowest BCUT2D eigenvalue weighted by atomic mass is 9.94. The molecule has 2 amide bonds. The molecule has 8 nitrogen and oxygen atoms in total. The van der Waals surface area contributed by atoms with Crippen molar-refractivity contribution in [3.8, 4) is 0 Å². The highest BCUT2D eigenvalue weighted by atomic mass is 16.2. The molecule has 0 saturated carbocycles. The molecule has 0 aliphatic carbocycles. The number of fused-ring (bicyclic) bond motifs is 1. The van der Waals surface area contributed by atoms with Gasteiger partial charge in [0.25, 0.3) is 0 Å². The molecule has 0 bridgehead atoms. The molecular formula is C21H32N6O2. The Hall–Kier alpha value is -2.22. The molecule has 0 radical (unpaired) electrons. The molecule has 4 heterocycles. The summed E-state index contributed by atoms with van der Waals surface area (Å²) < 4.78 is 0. The van der Waals surface area contributed by atoms with E-state index in [0.717, 1.165) is 74.8 Å². The fourth-order valence-corrected chi connectivity index (χ4v) is 4.88. The molecule has 2 saturated heterocycles. The highest BCUT2D eigenvalue weighted by Crippen LogP contribution is 2.33. The second kappa shape index (κ2) is 8.26. The minimum absolute atomic E-state index is 0.0518. The van der Waals surface area contributed by atoms with Crippen LogP contribution in [0.4, 0.5) is 5.82 Å². The Morgan fingerprint density at radius 1 is 1.07 bits per heavy atom. The number of carbonyl (C=O) groups excluding carboxylic acids is 2. The van der Waals surface area contributed by atoms with Gasteiger partial charge in [0.15, 0.2) is 0 Å². The van der Waals surface area contributed by atoms with Crippen molar-refractivity contribution >= 4 is 17.6 Å². The van der Waals surface area contributed by atoms with Crippen LogP contribution in [0.15, 0.2) is 0 Å². The van der Waals surface area contributed by atoms with Gasteiger partial charge in [0.2, 0.25) is 11.8 Å². The van der Waals surface area contributed by atoms with Crippen LogP contribution in [0.5, 0.6) is 0 Å². The molecule has 1 aromatic rings. The molecule has 158 valence electrons. The summed E-state index contributed by atoms with van der Waals surface area (Å²) in [5.74, 6) is 2.09. The van der Waals surface area contributed by atoms with Crippen LogP contribution < -0.4 is 10.6 Å². The van der Waals surface area contributed by atoms with Crippen LogP contribution >= 0.6 is 0 Å². The number of primary amides is 1. The molecule has 0 unspecified atom stereocenters. The number of rotatable bonds is 3. The summed E-state index contributed by atoms with van der Waals surface area (Å²) in [6.07, 6.45) is 4.57. The minimum Gasteiger partial charge on any atom is -0.369 e. The molecule has 1 aromatic heterocycles. The van der Waals surface area contributed by atoms with Gasteiger partial charge >= 0.3 is 0 Å². The van der Waals surface area contributed by atoms with E-state index < -0.39 is 0 Å². The van der Waals surface area contributed by atoms with Crippen LogP contribution in [0.25, 0.3) is 0 Å². The Bertz CT molecular complexity index is 790. The largest absolute Gasteiger partial charge is 0.369 e. The standard InChI is InChI=1S/C21H32N6O2/c1-14(28)27-11-7-18-17(13-27)21(26-9-5-15(6-10-26)19(22)29)24-20(23-18)16-4-3-8-25(2)12-16/h15-16H,3-13H2,1-2H3,(H2,22,29)/t16-/m0/s1. The number of carbonyl (C=O) groups is 2. The van der Waals surface area contributed by atoms with Gasteiger partial charge < -0.3 is 20.4 Å². The van der Waals surface area contributed by atoms with E-state index in [2.05, 4.69) is 16.8 Å². The zero-order chi connectivity index (χ0) is 20.5. The van der Waals surface area contributed by atoms with Crippen molar-refractivity contribution in [3.63, 3.8) is 0 Å². The van der Waals surface area contributed by atoms with Crippen LogP contribution in [0.1, 0.15) is 55.6 Å². The van der Waals surface area contributed by atoms with Crippen molar-refractivity contribution in [2.45, 2.75) is 51.5 Å². The van der Waals surface area contributed by atoms with Crippen molar-refractivity contribution < 1.29 is 9.59 Å². The monoisotopic (exact) mass is 400 g/mol. The Labute approximate surface area is 172 Å². The van der Waals surface area contributed by atoms with E-state index in [1.165, 1.54) is 6.42 Å². The fraction of sp³-hybridized carbons (Fsp3) is 0.714. The van der Waals surface area contributed by atoms with E-state index in [9.17, 15) is 9.59 Å². The smallest absolute Gasteiger partial charge is 0.220 e. The van der Waals surface area contributed by atoms with Crippen molar-refractivity contribution in [2.75, 3.05) is 44.7 Å². The molecule has 29 heavy (non-hydrogen) atoms. The predicted molar refractivity (Wildman–Crippen MR) is 110 cm³/mol. The predicted octanol–water partition coefficient (Wildman–Crippen LogP) is 0.892. The maximum Gasteiger partial charge on any atom is 0.220 e. The van der Waals surface area contributed by atoms with Crippen LogP contribution in [0.3, 0.4) is 0 Å². The number of nitrogens with two attached hydrogens (primary N) is 1. The Balaban J connectivity index is 1.66. The maximum absolute atomic E-state index is 12.0. The van der Waals surface area contributed by atoms with Crippen LogP contribution in [-0.2, 0) is 22.6 Å². The van der Waals surface area contributed by atoms with E-state index in [0.29, 0.717) is 19.0 Å². The minimum atomic E-state index is -0.206. The quantitative estimate of drug-likeness (QED) is 0.810. The van der Waals surface area contributed by atoms with Crippen LogP contribution in [0, 0.1) is 5.92 Å². The number of amides is 2. The summed E-state index contributed by atoms with van der Waals surface area (Å²) in [6.45, 7) is 6.55. The van der Waals surface area contributed by atoms with Gasteiger partial charge in [0.05, 0.1) is 12.2 Å². The second-order valence-corrected chi connectivity index (χ2v) is 8.79. The number of aromatic nitrogens is 2. The highest BCUT2D eigenvalue weighted by molar-refractivity contribution is 5.77. The van der Waals surface area contributed by atoms with Gasteiger partial charge in [-0.3, -0.25) is 9.59 Å². The molecule has 2 fully saturated rings. The number of nitrogens with zero attached hydrogens (tertiary/aromatic N) is 5. The number of hydrogen-bond acceptors (Lipinski definition) is 6. The van der Waals surface area contributed by atoms with E-state index in [-0.39, 0.29) is 17.7 Å². The van der Waals surface area contributed by atoms with Crippen molar-refractivity contribution in [1.29, 1.82) is 0 Å². The van der Waals surface area contributed by atoms with E-state index in [1.54, 1.807) is 6.92 Å². The summed E-state index contributed by atoms with van der Waals surface area (Å²) in [7, 11) is 2.16. The molecule has 3 aliphatic heterocycles. The summed E-state index contributed by atoms with van der Waals surface area (Å²) in [6, 6.07) is 0. The molecule has 8 heteroatoms. The third kappa shape index (κ3) is 4.22. The van der Waals surface area contributed by atoms with E-state index in [1.807, 2.05) is 4.90 Å². The van der Waals surface area contributed by atoms with Crippen molar-refractivity contribution in [1.82, 2.24) is 19.8 Å². The Kier molecular flexibility index (Phi) is 5.72. The lowest BCUT2D eigenvalue weighted by Gasteiger charge is -2.37. The number of likely N-dealkylation sites (tertiary alicyclic amines) is 1. The SMILES string of the molecule is CC(=O)N1CCc2nc([C@H]3CCCN(C)C3)nc(N3CCC(C(N)=O)CC3)c2C1. The summed E-state index contributed by atoms with van der Waals surface area (Å²) in [4.78, 5) is 40.1. The average molecular weight is 401 g/mol. The Morgan fingerprint density at radius 3 is 2.48 bits per heavy atom. The number of hydrogen-bond donors (Lipinski definition) is 1.